The zero-order valence-corrected chi connectivity index (χ0v) is 15.7. The monoisotopic (exact) mass is 390 g/mol. The first-order valence-corrected chi connectivity index (χ1v) is 9.57. The van der Waals surface area contributed by atoms with E-state index in [9.17, 15) is 9.18 Å². The number of amides is 1. The topological polar surface area (TPSA) is 51.8 Å². The van der Waals surface area contributed by atoms with Crippen LogP contribution in [0.25, 0.3) is 22.5 Å². The van der Waals surface area contributed by atoms with Gasteiger partial charge in [0.2, 0.25) is 0 Å². The van der Waals surface area contributed by atoms with Crippen molar-refractivity contribution in [1.29, 1.82) is 0 Å². The number of carbonyl (C=O) groups excluding carboxylic acids is 1. The summed E-state index contributed by atoms with van der Waals surface area (Å²) in [6, 6.07) is 16.0. The van der Waals surface area contributed by atoms with Crippen molar-refractivity contribution in [1.82, 2.24) is 19.2 Å². The number of benzene rings is 1. The molecule has 4 aromatic rings. The summed E-state index contributed by atoms with van der Waals surface area (Å²) < 4.78 is 17.3. The Bertz CT molecular complexity index is 1190. The lowest BCUT2D eigenvalue weighted by atomic mass is 10.1. The minimum Gasteiger partial charge on any atom is -0.301 e. The molecule has 1 aliphatic heterocycles. The van der Waals surface area contributed by atoms with E-state index in [4.69, 9.17) is 4.84 Å². The standard InChI is InChI=1S/C22H19FN4O2/c23-18-5-3-4-16(14-18)17-6-7-19-8-9-21(25(19)15-17)26-12-10-20(24-26)22(28)27-11-1-2-13-29-27/h3-10,12,14-15H,1-2,11,13H2. The predicted octanol–water partition coefficient (Wildman–Crippen LogP) is 4.10. The molecular weight excluding hydrogens is 371 g/mol. The second-order valence-electron chi connectivity index (χ2n) is 7.01. The maximum absolute atomic E-state index is 13.6. The molecule has 1 amide bonds. The van der Waals surface area contributed by atoms with Gasteiger partial charge in [-0.05, 0) is 60.4 Å². The lowest BCUT2D eigenvalue weighted by Gasteiger charge is -2.24. The molecular formula is C22H19FN4O2. The van der Waals surface area contributed by atoms with Crippen molar-refractivity contribution in [3.8, 4) is 16.9 Å². The van der Waals surface area contributed by atoms with E-state index in [1.165, 1.54) is 17.2 Å². The fourth-order valence-electron chi connectivity index (χ4n) is 3.56. The van der Waals surface area contributed by atoms with Crippen LogP contribution in [0.4, 0.5) is 4.39 Å². The first kappa shape index (κ1) is 17.6. The molecule has 3 aromatic heterocycles. The molecule has 0 N–H and O–H groups in total. The summed E-state index contributed by atoms with van der Waals surface area (Å²) in [6.45, 7) is 1.13. The van der Waals surface area contributed by atoms with Crippen molar-refractivity contribution < 1.29 is 14.0 Å². The van der Waals surface area contributed by atoms with Gasteiger partial charge in [0.25, 0.3) is 5.91 Å². The molecule has 0 bridgehead atoms. The summed E-state index contributed by atoms with van der Waals surface area (Å²) in [7, 11) is 0. The number of aromatic nitrogens is 3. The quantitative estimate of drug-likeness (QED) is 0.529. The molecule has 1 fully saturated rings. The first-order chi connectivity index (χ1) is 14.2. The van der Waals surface area contributed by atoms with Crippen LogP contribution in [0.15, 0.2) is 67.0 Å². The molecule has 0 atom stereocenters. The number of nitrogens with zero attached hydrogens (tertiary/aromatic N) is 4. The largest absolute Gasteiger partial charge is 0.301 e. The maximum Gasteiger partial charge on any atom is 0.297 e. The van der Waals surface area contributed by atoms with Gasteiger partial charge in [-0.15, -0.1) is 0 Å². The van der Waals surface area contributed by atoms with Gasteiger partial charge in [-0.25, -0.2) is 14.1 Å². The average Bonchev–Trinajstić information content (AvgIpc) is 3.40. The van der Waals surface area contributed by atoms with Crippen molar-refractivity contribution in [2.24, 2.45) is 0 Å². The highest BCUT2D eigenvalue weighted by atomic mass is 19.1. The number of halogens is 1. The number of carbonyl (C=O) groups is 1. The van der Waals surface area contributed by atoms with E-state index in [0.717, 1.165) is 35.3 Å². The second kappa shape index (κ2) is 7.18. The van der Waals surface area contributed by atoms with Crippen LogP contribution < -0.4 is 0 Å². The van der Waals surface area contributed by atoms with E-state index in [-0.39, 0.29) is 11.7 Å². The number of hydrogen-bond donors (Lipinski definition) is 0. The minimum absolute atomic E-state index is 0.232. The third-order valence-corrected chi connectivity index (χ3v) is 5.06. The third-order valence-electron chi connectivity index (χ3n) is 5.06. The molecule has 0 unspecified atom stereocenters. The van der Waals surface area contributed by atoms with Crippen LogP contribution in [0.3, 0.4) is 0 Å². The first-order valence-electron chi connectivity index (χ1n) is 9.57. The Morgan fingerprint density at radius 3 is 2.76 bits per heavy atom. The molecule has 0 spiro atoms. The normalized spacial score (nSPS) is 14.4. The van der Waals surface area contributed by atoms with Crippen molar-refractivity contribution in [3.05, 3.63) is 78.5 Å². The van der Waals surface area contributed by atoms with Gasteiger partial charge in [0.15, 0.2) is 5.69 Å². The fraction of sp³-hybridized carbons (Fsp3) is 0.182. The van der Waals surface area contributed by atoms with Gasteiger partial charge in [-0.2, -0.15) is 5.10 Å². The molecule has 7 heteroatoms. The molecule has 29 heavy (non-hydrogen) atoms. The van der Waals surface area contributed by atoms with Crippen LogP contribution in [-0.4, -0.2) is 38.3 Å². The summed E-state index contributed by atoms with van der Waals surface area (Å²) in [4.78, 5) is 18.0. The third kappa shape index (κ3) is 3.30. The Hall–Kier alpha value is -3.45. The smallest absolute Gasteiger partial charge is 0.297 e. The molecule has 5 rings (SSSR count). The number of fused-ring (bicyclic) bond motifs is 1. The highest BCUT2D eigenvalue weighted by Gasteiger charge is 2.22. The van der Waals surface area contributed by atoms with E-state index < -0.39 is 0 Å². The van der Waals surface area contributed by atoms with Crippen LogP contribution in [0, 0.1) is 5.82 Å². The molecule has 0 aliphatic carbocycles. The summed E-state index contributed by atoms with van der Waals surface area (Å²) in [6.07, 6.45) is 5.59. The molecule has 0 radical (unpaired) electrons. The highest BCUT2D eigenvalue weighted by molar-refractivity contribution is 5.91. The van der Waals surface area contributed by atoms with Crippen LogP contribution in [0.2, 0.25) is 0 Å². The molecule has 146 valence electrons. The molecule has 0 saturated carbocycles. The minimum atomic E-state index is -0.273. The average molecular weight is 390 g/mol. The zero-order valence-electron chi connectivity index (χ0n) is 15.7. The number of rotatable bonds is 3. The Kier molecular flexibility index (Phi) is 4.37. The molecule has 1 aromatic carbocycles. The maximum atomic E-state index is 13.6. The van der Waals surface area contributed by atoms with E-state index in [0.29, 0.717) is 18.8 Å². The van der Waals surface area contributed by atoms with Crippen LogP contribution in [-0.2, 0) is 4.84 Å². The highest BCUT2D eigenvalue weighted by Crippen LogP contribution is 2.24. The van der Waals surface area contributed by atoms with Crippen molar-refractivity contribution in [2.45, 2.75) is 12.8 Å². The van der Waals surface area contributed by atoms with Crippen molar-refractivity contribution >= 4 is 11.4 Å². The Morgan fingerprint density at radius 2 is 1.93 bits per heavy atom. The summed E-state index contributed by atoms with van der Waals surface area (Å²) in [5.41, 5.74) is 3.00. The van der Waals surface area contributed by atoms with Gasteiger partial charge in [-0.3, -0.25) is 9.63 Å². The number of hydrogen-bond acceptors (Lipinski definition) is 3. The second-order valence-corrected chi connectivity index (χ2v) is 7.01. The Labute approximate surface area is 166 Å². The Morgan fingerprint density at radius 1 is 1.03 bits per heavy atom. The predicted molar refractivity (Wildman–Crippen MR) is 106 cm³/mol. The summed E-state index contributed by atoms with van der Waals surface area (Å²) in [5.74, 6) is 0.284. The van der Waals surface area contributed by atoms with Gasteiger partial charge in [0.1, 0.15) is 11.6 Å². The van der Waals surface area contributed by atoms with Gasteiger partial charge < -0.3 is 4.40 Å². The lowest BCUT2D eigenvalue weighted by molar-refractivity contribution is -0.144. The van der Waals surface area contributed by atoms with E-state index in [1.54, 1.807) is 23.0 Å². The lowest BCUT2D eigenvalue weighted by Crippen LogP contribution is -2.36. The van der Waals surface area contributed by atoms with Gasteiger partial charge >= 0.3 is 0 Å². The van der Waals surface area contributed by atoms with Crippen LogP contribution >= 0.6 is 0 Å². The molecule has 4 heterocycles. The number of pyridine rings is 1. The molecule has 6 nitrogen and oxygen atoms in total. The fourth-order valence-corrected chi connectivity index (χ4v) is 3.56. The van der Waals surface area contributed by atoms with Crippen LogP contribution in [0.5, 0.6) is 0 Å². The van der Waals surface area contributed by atoms with Crippen LogP contribution in [0.1, 0.15) is 23.3 Å². The van der Waals surface area contributed by atoms with E-state index in [1.807, 2.05) is 40.9 Å². The SMILES string of the molecule is O=C(c1ccn(-c2ccc3ccc(-c4cccc(F)c4)cn23)n1)N1CCCCO1. The summed E-state index contributed by atoms with van der Waals surface area (Å²) in [5, 5.41) is 5.84. The van der Waals surface area contributed by atoms with Gasteiger partial charge in [-0.1, -0.05) is 18.2 Å². The van der Waals surface area contributed by atoms with E-state index in [2.05, 4.69) is 5.10 Å². The number of hydroxylamine groups is 2. The zero-order chi connectivity index (χ0) is 19.8. The Balaban J connectivity index is 1.50. The molecule has 1 saturated heterocycles. The van der Waals surface area contributed by atoms with Gasteiger partial charge in [0, 0.05) is 24.5 Å². The van der Waals surface area contributed by atoms with E-state index >= 15 is 0 Å². The van der Waals surface area contributed by atoms with Crippen molar-refractivity contribution in [2.75, 3.05) is 13.2 Å². The van der Waals surface area contributed by atoms with Gasteiger partial charge in [0.05, 0.1) is 6.61 Å². The molecule has 1 aliphatic rings. The summed E-state index contributed by atoms with van der Waals surface area (Å²) >= 11 is 0. The van der Waals surface area contributed by atoms with Crippen molar-refractivity contribution in [3.63, 3.8) is 0 Å².